The Hall–Kier alpha value is -0.540. The van der Waals surface area contributed by atoms with Gasteiger partial charge in [0.1, 0.15) is 0 Å². The predicted octanol–water partition coefficient (Wildman–Crippen LogP) is 3.01. The second-order valence-electron chi connectivity index (χ2n) is 4.14. The molecule has 1 rings (SSSR count). The van der Waals surface area contributed by atoms with E-state index in [4.69, 9.17) is 0 Å². The molecule has 90 valence electrons. The fourth-order valence-electron chi connectivity index (χ4n) is 1.51. The molecule has 1 aromatic rings. The molecule has 1 atom stereocenters. The van der Waals surface area contributed by atoms with Crippen LogP contribution in [0, 0.1) is 6.92 Å². The van der Waals surface area contributed by atoms with E-state index in [1.807, 2.05) is 24.2 Å². The first-order chi connectivity index (χ1) is 7.72. The zero-order valence-electron chi connectivity index (χ0n) is 10.5. The van der Waals surface area contributed by atoms with E-state index in [0.717, 1.165) is 6.54 Å². The summed E-state index contributed by atoms with van der Waals surface area (Å²) in [5.74, 6) is 2.46. The Morgan fingerprint density at radius 2 is 2.25 bits per heavy atom. The Kier molecular flexibility index (Phi) is 6.50. The average Bonchev–Trinajstić information content (AvgIpc) is 2.27. The van der Waals surface area contributed by atoms with Gasteiger partial charge in [0.25, 0.3) is 0 Å². The smallest absolute Gasteiger partial charge is 0.0313 e. The van der Waals surface area contributed by atoms with Crippen molar-refractivity contribution in [2.75, 3.05) is 11.5 Å². The van der Waals surface area contributed by atoms with Gasteiger partial charge in [-0.25, -0.2) is 0 Å². The van der Waals surface area contributed by atoms with Crippen LogP contribution in [0.25, 0.3) is 0 Å². The minimum atomic E-state index is 0.583. The zero-order valence-corrected chi connectivity index (χ0v) is 11.3. The molecule has 16 heavy (non-hydrogen) atoms. The number of nitrogens with zero attached hydrogens (tertiary/aromatic N) is 1. The van der Waals surface area contributed by atoms with E-state index < -0.39 is 0 Å². The number of aromatic nitrogens is 1. The van der Waals surface area contributed by atoms with Crippen molar-refractivity contribution in [1.82, 2.24) is 10.3 Å². The van der Waals surface area contributed by atoms with E-state index in [0.29, 0.717) is 6.04 Å². The molecule has 0 saturated heterocycles. The van der Waals surface area contributed by atoms with Crippen LogP contribution in [-0.4, -0.2) is 22.5 Å². The van der Waals surface area contributed by atoms with Gasteiger partial charge in [0.05, 0.1) is 0 Å². The Labute approximate surface area is 103 Å². The minimum absolute atomic E-state index is 0.583. The highest BCUT2D eigenvalue weighted by Gasteiger charge is 2.01. The first-order valence-corrected chi connectivity index (χ1v) is 7.09. The van der Waals surface area contributed by atoms with Gasteiger partial charge in [-0.15, -0.1) is 0 Å². The fourth-order valence-corrected chi connectivity index (χ4v) is 2.32. The molecule has 3 heteroatoms. The normalized spacial score (nSPS) is 12.7. The van der Waals surface area contributed by atoms with Crippen molar-refractivity contribution < 1.29 is 0 Å². The van der Waals surface area contributed by atoms with Gasteiger partial charge >= 0.3 is 0 Å². The molecule has 0 spiro atoms. The molecule has 0 radical (unpaired) electrons. The molecular weight excluding hydrogens is 216 g/mol. The number of hydrogen-bond donors (Lipinski definition) is 1. The lowest BCUT2D eigenvalue weighted by molar-refractivity contribution is 0.536. The topological polar surface area (TPSA) is 24.9 Å². The monoisotopic (exact) mass is 238 g/mol. The summed E-state index contributed by atoms with van der Waals surface area (Å²) in [5, 5.41) is 3.53. The number of rotatable bonds is 7. The summed E-state index contributed by atoms with van der Waals surface area (Å²) < 4.78 is 0. The summed E-state index contributed by atoms with van der Waals surface area (Å²) in [6, 6.07) is 2.77. The molecule has 1 heterocycles. The highest BCUT2D eigenvalue weighted by atomic mass is 32.2. The number of pyridine rings is 1. The zero-order chi connectivity index (χ0) is 11.8. The van der Waals surface area contributed by atoms with Crippen LogP contribution in [0.1, 0.15) is 31.4 Å². The molecule has 2 nitrogen and oxygen atoms in total. The van der Waals surface area contributed by atoms with Gasteiger partial charge < -0.3 is 5.32 Å². The second-order valence-corrected chi connectivity index (χ2v) is 5.53. The van der Waals surface area contributed by atoms with Crippen molar-refractivity contribution in [3.63, 3.8) is 0 Å². The van der Waals surface area contributed by atoms with Crippen LogP contribution in [0.4, 0.5) is 0 Å². The maximum atomic E-state index is 4.19. The molecule has 0 fully saturated rings. The molecule has 0 amide bonds. The fraction of sp³-hybridized carbons (Fsp3) is 0.615. The van der Waals surface area contributed by atoms with E-state index in [9.17, 15) is 0 Å². The molecule has 1 N–H and O–H groups in total. The van der Waals surface area contributed by atoms with E-state index in [2.05, 4.69) is 37.1 Å². The number of nitrogens with one attached hydrogen (secondary N) is 1. The Morgan fingerprint density at radius 3 is 2.94 bits per heavy atom. The van der Waals surface area contributed by atoms with Gasteiger partial charge in [0.15, 0.2) is 0 Å². The molecule has 0 bridgehead atoms. The van der Waals surface area contributed by atoms with E-state index in [-0.39, 0.29) is 0 Å². The average molecular weight is 238 g/mol. The van der Waals surface area contributed by atoms with Gasteiger partial charge in [0.2, 0.25) is 0 Å². The Balaban J connectivity index is 2.23. The number of aryl methyl sites for hydroxylation is 1. The summed E-state index contributed by atoms with van der Waals surface area (Å²) in [7, 11) is 0. The standard InChI is InChI=1S/C13H22N2S/c1-4-16-6-5-12(3)15-10-13-7-11(2)8-14-9-13/h7-9,12,15H,4-6,10H2,1-3H3. The molecule has 0 aromatic carbocycles. The van der Waals surface area contributed by atoms with Crippen molar-refractivity contribution in [1.29, 1.82) is 0 Å². The molecule has 1 aromatic heterocycles. The van der Waals surface area contributed by atoms with Gasteiger partial charge in [-0.3, -0.25) is 4.98 Å². The SMILES string of the molecule is CCSCCC(C)NCc1cncc(C)c1. The first kappa shape index (κ1) is 13.5. The van der Waals surface area contributed by atoms with Crippen molar-refractivity contribution in [3.05, 3.63) is 29.6 Å². The third-order valence-electron chi connectivity index (χ3n) is 2.49. The van der Waals surface area contributed by atoms with Crippen molar-refractivity contribution in [2.45, 2.75) is 39.8 Å². The van der Waals surface area contributed by atoms with Crippen LogP contribution < -0.4 is 5.32 Å². The summed E-state index contributed by atoms with van der Waals surface area (Å²) in [5.41, 5.74) is 2.50. The summed E-state index contributed by atoms with van der Waals surface area (Å²) in [6.45, 7) is 7.46. The van der Waals surface area contributed by atoms with Crippen LogP contribution in [0.2, 0.25) is 0 Å². The van der Waals surface area contributed by atoms with Crippen LogP contribution in [0.5, 0.6) is 0 Å². The van der Waals surface area contributed by atoms with Crippen LogP contribution in [0.3, 0.4) is 0 Å². The Morgan fingerprint density at radius 1 is 1.44 bits per heavy atom. The summed E-state index contributed by atoms with van der Waals surface area (Å²) in [6.07, 6.45) is 5.07. The lowest BCUT2D eigenvalue weighted by atomic mass is 10.2. The molecule has 1 unspecified atom stereocenters. The summed E-state index contributed by atoms with van der Waals surface area (Å²) >= 11 is 2.01. The minimum Gasteiger partial charge on any atom is -0.310 e. The first-order valence-electron chi connectivity index (χ1n) is 5.94. The maximum Gasteiger partial charge on any atom is 0.0313 e. The van der Waals surface area contributed by atoms with Crippen molar-refractivity contribution in [3.8, 4) is 0 Å². The number of hydrogen-bond acceptors (Lipinski definition) is 3. The summed E-state index contributed by atoms with van der Waals surface area (Å²) in [4.78, 5) is 4.19. The van der Waals surface area contributed by atoms with E-state index in [1.54, 1.807) is 0 Å². The van der Waals surface area contributed by atoms with Crippen molar-refractivity contribution >= 4 is 11.8 Å². The Bertz CT molecular complexity index is 302. The van der Waals surface area contributed by atoms with Crippen molar-refractivity contribution in [2.24, 2.45) is 0 Å². The molecule has 0 aliphatic carbocycles. The van der Waals surface area contributed by atoms with Gasteiger partial charge in [-0.2, -0.15) is 11.8 Å². The largest absolute Gasteiger partial charge is 0.310 e. The van der Waals surface area contributed by atoms with E-state index in [1.165, 1.54) is 29.1 Å². The molecule has 0 aliphatic heterocycles. The van der Waals surface area contributed by atoms with Gasteiger partial charge in [-0.1, -0.05) is 13.0 Å². The maximum absolute atomic E-state index is 4.19. The van der Waals surface area contributed by atoms with Gasteiger partial charge in [-0.05, 0) is 42.9 Å². The van der Waals surface area contributed by atoms with Crippen LogP contribution in [0.15, 0.2) is 18.5 Å². The number of thioether (sulfide) groups is 1. The lowest BCUT2D eigenvalue weighted by Gasteiger charge is -2.13. The van der Waals surface area contributed by atoms with Crippen LogP contribution in [-0.2, 0) is 6.54 Å². The van der Waals surface area contributed by atoms with Gasteiger partial charge in [0, 0.05) is 25.0 Å². The quantitative estimate of drug-likeness (QED) is 0.739. The highest BCUT2D eigenvalue weighted by Crippen LogP contribution is 2.05. The molecule has 0 saturated carbocycles. The molecule has 0 aliphatic rings. The molecular formula is C13H22N2S. The highest BCUT2D eigenvalue weighted by molar-refractivity contribution is 7.99. The lowest BCUT2D eigenvalue weighted by Crippen LogP contribution is -2.26. The van der Waals surface area contributed by atoms with Crippen LogP contribution >= 0.6 is 11.8 Å². The third kappa shape index (κ3) is 5.52. The third-order valence-corrected chi connectivity index (χ3v) is 3.42. The second kappa shape index (κ2) is 7.69. The van der Waals surface area contributed by atoms with E-state index >= 15 is 0 Å². The predicted molar refractivity (Wildman–Crippen MR) is 72.9 cm³/mol.